The van der Waals surface area contributed by atoms with Crippen molar-refractivity contribution in [2.24, 2.45) is 5.92 Å². The van der Waals surface area contributed by atoms with E-state index in [0.29, 0.717) is 11.3 Å². The van der Waals surface area contributed by atoms with Gasteiger partial charge in [-0.25, -0.2) is 9.59 Å². The summed E-state index contributed by atoms with van der Waals surface area (Å²) in [6, 6.07) is 9.29. The number of esters is 1. The number of allylic oxidation sites excluding steroid dienone is 3. The second-order valence-electron chi connectivity index (χ2n) is 9.29. The topological polar surface area (TPSA) is 83.8 Å². The lowest BCUT2D eigenvalue weighted by molar-refractivity contribution is 0.0691. The zero-order chi connectivity index (χ0) is 24.8. The molecule has 0 radical (unpaired) electrons. The van der Waals surface area contributed by atoms with Crippen LogP contribution in [0.15, 0.2) is 60.2 Å². The van der Waals surface area contributed by atoms with E-state index in [1.807, 2.05) is 13.0 Å². The highest BCUT2D eigenvalue weighted by Gasteiger charge is 2.31. The van der Waals surface area contributed by atoms with Crippen molar-refractivity contribution in [1.29, 1.82) is 0 Å². The molecule has 5 nitrogen and oxygen atoms in total. The predicted molar refractivity (Wildman–Crippen MR) is 134 cm³/mol. The lowest BCUT2D eigenvalue weighted by Gasteiger charge is -2.32. The monoisotopic (exact) mass is 462 g/mol. The van der Waals surface area contributed by atoms with Crippen LogP contribution in [0.5, 0.6) is 11.5 Å². The highest BCUT2D eigenvalue weighted by Crippen LogP contribution is 2.47. The number of phenols is 1. The lowest BCUT2D eigenvalue weighted by atomic mass is 9.73. The van der Waals surface area contributed by atoms with E-state index in [-0.39, 0.29) is 28.7 Å². The number of unbranched alkanes of at least 4 members (excludes halogenated alkanes) is 2. The van der Waals surface area contributed by atoms with Gasteiger partial charge in [-0.2, -0.15) is 0 Å². The number of aromatic hydroxyl groups is 1. The second kappa shape index (κ2) is 11.2. The van der Waals surface area contributed by atoms with Crippen molar-refractivity contribution in [2.75, 3.05) is 0 Å². The molecule has 0 aromatic heterocycles. The molecule has 0 saturated heterocycles. The standard InChI is InChI=1S/C29H34O5/c1-5-6-7-8-20-16-25(30)27(24-15-19(4)9-14-23(24)18(2)3)26(17-20)34-29(33)22-12-10-21(11-13-22)28(31)32/h10-13,15-17,23-24,30H,2,5-9,14H2,1,3-4H3,(H,31,32). The van der Waals surface area contributed by atoms with Crippen LogP contribution in [0, 0.1) is 5.92 Å². The third-order valence-corrected chi connectivity index (χ3v) is 6.53. The van der Waals surface area contributed by atoms with Crippen LogP contribution in [0.25, 0.3) is 0 Å². The SMILES string of the molecule is C=C(C)C1CCC(C)=CC1c1c(O)cc(CCCCC)cc1OC(=O)c1ccc(C(=O)O)cc1. The van der Waals surface area contributed by atoms with Crippen molar-refractivity contribution >= 4 is 11.9 Å². The Morgan fingerprint density at radius 1 is 1.12 bits per heavy atom. The number of carboxylic acid groups (broad SMARTS) is 1. The summed E-state index contributed by atoms with van der Waals surface area (Å²) in [5.74, 6) is -1.19. The Kier molecular flexibility index (Phi) is 8.32. The summed E-state index contributed by atoms with van der Waals surface area (Å²) in [5, 5.41) is 20.2. The minimum Gasteiger partial charge on any atom is -0.507 e. The Hall–Kier alpha value is -3.34. The molecule has 0 aliphatic heterocycles. The number of rotatable bonds is 9. The van der Waals surface area contributed by atoms with Gasteiger partial charge in [-0.15, -0.1) is 0 Å². The number of ether oxygens (including phenoxy) is 1. The van der Waals surface area contributed by atoms with E-state index < -0.39 is 11.9 Å². The molecular weight excluding hydrogens is 428 g/mol. The van der Waals surface area contributed by atoms with Crippen molar-refractivity contribution < 1.29 is 24.5 Å². The normalized spacial score (nSPS) is 17.7. The van der Waals surface area contributed by atoms with Crippen LogP contribution in [0.1, 0.15) is 90.6 Å². The second-order valence-corrected chi connectivity index (χ2v) is 9.29. The Bertz CT molecular complexity index is 1090. The number of aryl methyl sites for hydroxylation is 1. The summed E-state index contributed by atoms with van der Waals surface area (Å²) in [4.78, 5) is 24.1. The molecule has 2 aromatic rings. The van der Waals surface area contributed by atoms with Gasteiger partial charge in [0.2, 0.25) is 0 Å². The van der Waals surface area contributed by atoms with E-state index in [2.05, 4.69) is 26.5 Å². The smallest absolute Gasteiger partial charge is 0.343 e. The molecule has 2 N–H and O–H groups in total. The first kappa shape index (κ1) is 25.3. The molecule has 180 valence electrons. The quantitative estimate of drug-likeness (QED) is 0.180. The molecule has 1 aliphatic carbocycles. The molecule has 0 bridgehead atoms. The van der Waals surface area contributed by atoms with Gasteiger partial charge in [-0.1, -0.05) is 43.6 Å². The molecule has 2 unspecified atom stereocenters. The molecule has 0 heterocycles. The number of hydrogen-bond donors (Lipinski definition) is 2. The van der Waals surface area contributed by atoms with Gasteiger partial charge in [-0.3, -0.25) is 0 Å². The van der Waals surface area contributed by atoms with E-state index in [1.54, 1.807) is 6.07 Å². The summed E-state index contributed by atoms with van der Waals surface area (Å²) >= 11 is 0. The first-order chi connectivity index (χ1) is 16.2. The summed E-state index contributed by atoms with van der Waals surface area (Å²) in [7, 11) is 0. The maximum atomic E-state index is 13.0. The molecule has 0 spiro atoms. The van der Waals surface area contributed by atoms with Crippen LogP contribution in [-0.2, 0) is 6.42 Å². The Balaban J connectivity index is 2.02. The van der Waals surface area contributed by atoms with Gasteiger partial charge in [0.1, 0.15) is 11.5 Å². The Labute approximate surface area is 201 Å². The van der Waals surface area contributed by atoms with Crippen LogP contribution < -0.4 is 4.74 Å². The summed E-state index contributed by atoms with van der Waals surface area (Å²) < 4.78 is 5.87. The Morgan fingerprint density at radius 3 is 2.41 bits per heavy atom. The van der Waals surface area contributed by atoms with Gasteiger partial charge in [0.15, 0.2) is 0 Å². The summed E-state index contributed by atoms with van der Waals surface area (Å²) in [6.07, 6.45) is 7.96. The number of carbonyl (C=O) groups is 2. The fraction of sp³-hybridized carbons (Fsp3) is 0.379. The minimum atomic E-state index is -1.06. The average Bonchev–Trinajstić information content (AvgIpc) is 2.79. The van der Waals surface area contributed by atoms with Gasteiger partial charge in [0.25, 0.3) is 0 Å². The zero-order valence-corrected chi connectivity index (χ0v) is 20.3. The fourth-order valence-corrected chi connectivity index (χ4v) is 4.62. The van der Waals surface area contributed by atoms with Crippen LogP contribution in [-0.4, -0.2) is 22.2 Å². The van der Waals surface area contributed by atoms with Crippen LogP contribution >= 0.6 is 0 Å². The van der Waals surface area contributed by atoms with Crippen molar-refractivity contribution in [3.05, 3.63) is 82.5 Å². The van der Waals surface area contributed by atoms with Crippen molar-refractivity contribution in [3.63, 3.8) is 0 Å². The molecule has 0 fully saturated rings. The average molecular weight is 463 g/mol. The molecular formula is C29H34O5. The third-order valence-electron chi connectivity index (χ3n) is 6.53. The molecule has 34 heavy (non-hydrogen) atoms. The molecule has 2 aromatic carbocycles. The van der Waals surface area contributed by atoms with Gasteiger partial charge in [-0.05, 0) is 87.4 Å². The van der Waals surface area contributed by atoms with Crippen molar-refractivity contribution in [2.45, 2.75) is 65.2 Å². The van der Waals surface area contributed by atoms with E-state index in [4.69, 9.17) is 9.84 Å². The number of aromatic carboxylic acids is 1. The maximum absolute atomic E-state index is 13.0. The molecule has 0 saturated carbocycles. The van der Waals surface area contributed by atoms with E-state index in [9.17, 15) is 14.7 Å². The largest absolute Gasteiger partial charge is 0.507 e. The first-order valence-corrected chi connectivity index (χ1v) is 11.9. The zero-order valence-electron chi connectivity index (χ0n) is 20.3. The lowest BCUT2D eigenvalue weighted by Crippen LogP contribution is -2.19. The van der Waals surface area contributed by atoms with Crippen molar-refractivity contribution in [1.82, 2.24) is 0 Å². The highest BCUT2D eigenvalue weighted by molar-refractivity contribution is 5.93. The first-order valence-electron chi connectivity index (χ1n) is 11.9. The van der Waals surface area contributed by atoms with Gasteiger partial charge in [0, 0.05) is 11.5 Å². The maximum Gasteiger partial charge on any atom is 0.343 e. The molecule has 1 aliphatic rings. The van der Waals surface area contributed by atoms with Crippen LogP contribution in [0.2, 0.25) is 0 Å². The van der Waals surface area contributed by atoms with Crippen LogP contribution in [0.4, 0.5) is 0 Å². The molecule has 5 heteroatoms. The van der Waals surface area contributed by atoms with E-state index >= 15 is 0 Å². The minimum absolute atomic E-state index is 0.0972. The van der Waals surface area contributed by atoms with E-state index in [1.165, 1.54) is 29.8 Å². The molecule has 3 rings (SSSR count). The molecule has 0 amide bonds. The van der Waals surface area contributed by atoms with Crippen LogP contribution in [0.3, 0.4) is 0 Å². The number of hydrogen-bond acceptors (Lipinski definition) is 4. The molecule has 2 atom stereocenters. The van der Waals surface area contributed by atoms with Crippen molar-refractivity contribution in [3.8, 4) is 11.5 Å². The van der Waals surface area contributed by atoms with Gasteiger partial charge in [0.05, 0.1) is 11.1 Å². The number of phenolic OH excluding ortho intramolecular Hbond substituents is 1. The van der Waals surface area contributed by atoms with E-state index in [0.717, 1.165) is 49.7 Å². The van der Waals surface area contributed by atoms with Gasteiger partial charge < -0.3 is 14.9 Å². The van der Waals surface area contributed by atoms with Gasteiger partial charge >= 0.3 is 11.9 Å². The predicted octanol–water partition coefficient (Wildman–Crippen LogP) is 7.06. The number of carboxylic acids is 1. The number of carbonyl (C=O) groups excluding carboxylic acids is 1. The summed E-state index contributed by atoms with van der Waals surface area (Å²) in [5.41, 5.74) is 4.12. The fourth-order valence-electron chi connectivity index (χ4n) is 4.62. The Morgan fingerprint density at radius 2 is 1.79 bits per heavy atom. The summed E-state index contributed by atoms with van der Waals surface area (Å²) in [6.45, 7) is 10.4. The third kappa shape index (κ3) is 5.96. The highest BCUT2D eigenvalue weighted by atomic mass is 16.5. The number of benzene rings is 2.